The van der Waals surface area contributed by atoms with E-state index in [1.165, 1.54) is 70.6 Å². The minimum absolute atomic E-state index is 0.469. The Bertz CT molecular complexity index is 296. The summed E-state index contributed by atoms with van der Waals surface area (Å²) in [6.45, 7) is 9.77. The van der Waals surface area contributed by atoms with E-state index in [1.54, 1.807) is 0 Å². The van der Waals surface area contributed by atoms with Crippen molar-refractivity contribution in [2.75, 3.05) is 0 Å². The van der Waals surface area contributed by atoms with Gasteiger partial charge in [0.25, 0.3) is 0 Å². The number of hydrogen-bond donors (Lipinski definition) is 1. The molecule has 1 saturated heterocycles. The van der Waals surface area contributed by atoms with Gasteiger partial charge in [0, 0.05) is 12.1 Å². The van der Waals surface area contributed by atoms with Crippen LogP contribution in [0.15, 0.2) is 0 Å². The van der Waals surface area contributed by atoms with Crippen LogP contribution in [0, 0.1) is 17.3 Å². The summed E-state index contributed by atoms with van der Waals surface area (Å²) in [6.07, 6.45) is 15.7. The van der Waals surface area contributed by atoms with Gasteiger partial charge in [0.15, 0.2) is 0 Å². The quantitative estimate of drug-likeness (QED) is 0.613. The standard InChI is InChI=1S/C20H39N/c1-5-7-10-16(6-2)15-20(3,4)19-14-13-17-11-8-9-12-18(17)21-19/h16-19,21H,5-15H2,1-4H3. The predicted octanol–water partition coefficient (Wildman–Crippen LogP) is 5.93. The minimum atomic E-state index is 0.469. The highest BCUT2D eigenvalue weighted by atomic mass is 15.0. The summed E-state index contributed by atoms with van der Waals surface area (Å²) in [6, 6.07) is 1.60. The topological polar surface area (TPSA) is 12.0 Å². The second-order valence-electron chi connectivity index (χ2n) is 8.56. The van der Waals surface area contributed by atoms with Gasteiger partial charge in [-0.3, -0.25) is 0 Å². The van der Waals surface area contributed by atoms with Crippen molar-refractivity contribution in [1.82, 2.24) is 5.32 Å². The van der Waals surface area contributed by atoms with Gasteiger partial charge < -0.3 is 5.32 Å². The zero-order valence-corrected chi connectivity index (χ0v) is 15.1. The third-order valence-electron chi connectivity index (χ3n) is 6.45. The molecular formula is C20H39N. The van der Waals surface area contributed by atoms with Gasteiger partial charge in [0.1, 0.15) is 0 Å². The molecule has 4 unspecified atom stereocenters. The van der Waals surface area contributed by atoms with E-state index < -0.39 is 0 Å². The minimum Gasteiger partial charge on any atom is -0.310 e. The maximum atomic E-state index is 4.08. The van der Waals surface area contributed by atoms with Crippen LogP contribution in [-0.2, 0) is 0 Å². The largest absolute Gasteiger partial charge is 0.310 e. The van der Waals surface area contributed by atoms with Crippen LogP contribution >= 0.6 is 0 Å². The Balaban J connectivity index is 1.88. The van der Waals surface area contributed by atoms with Crippen LogP contribution in [0.3, 0.4) is 0 Å². The molecule has 1 saturated carbocycles. The number of hydrogen-bond acceptors (Lipinski definition) is 1. The van der Waals surface area contributed by atoms with Gasteiger partial charge in [-0.1, -0.05) is 66.2 Å². The van der Waals surface area contributed by atoms with E-state index in [0.717, 1.165) is 23.9 Å². The lowest BCUT2D eigenvalue weighted by molar-refractivity contribution is 0.0902. The van der Waals surface area contributed by atoms with Crippen molar-refractivity contribution in [2.24, 2.45) is 17.3 Å². The molecule has 1 aliphatic heterocycles. The normalized spacial score (nSPS) is 31.7. The van der Waals surface area contributed by atoms with Gasteiger partial charge in [0.2, 0.25) is 0 Å². The van der Waals surface area contributed by atoms with Gasteiger partial charge in [-0.2, -0.15) is 0 Å². The van der Waals surface area contributed by atoms with Crippen molar-refractivity contribution < 1.29 is 0 Å². The number of unbranched alkanes of at least 4 members (excludes halogenated alkanes) is 1. The molecule has 1 N–H and O–H groups in total. The molecule has 0 amide bonds. The van der Waals surface area contributed by atoms with Gasteiger partial charge in [-0.05, 0) is 49.4 Å². The Morgan fingerprint density at radius 1 is 1.05 bits per heavy atom. The van der Waals surface area contributed by atoms with Gasteiger partial charge in [-0.15, -0.1) is 0 Å². The van der Waals surface area contributed by atoms with Crippen molar-refractivity contribution in [3.63, 3.8) is 0 Å². The first-order valence-electron chi connectivity index (χ1n) is 9.82. The molecule has 1 heteroatoms. The van der Waals surface area contributed by atoms with E-state index >= 15 is 0 Å². The lowest BCUT2D eigenvalue weighted by atomic mass is 9.68. The van der Waals surface area contributed by atoms with Crippen LogP contribution in [-0.4, -0.2) is 12.1 Å². The van der Waals surface area contributed by atoms with Crippen LogP contribution in [0.5, 0.6) is 0 Å². The summed E-state index contributed by atoms with van der Waals surface area (Å²) >= 11 is 0. The van der Waals surface area contributed by atoms with E-state index in [4.69, 9.17) is 0 Å². The van der Waals surface area contributed by atoms with E-state index in [9.17, 15) is 0 Å². The van der Waals surface area contributed by atoms with Crippen LogP contribution < -0.4 is 5.32 Å². The zero-order valence-electron chi connectivity index (χ0n) is 15.1. The molecule has 2 rings (SSSR count). The van der Waals surface area contributed by atoms with Crippen molar-refractivity contribution in [3.05, 3.63) is 0 Å². The molecule has 0 aromatic carbocycles. The molecule has 4 atom stereocenters. The summed E-state index contributed by atoms with van der Waals surface area (Å²) in [5.74, 6) is 1.93. The maximum Gasteiger partial charge on any atom is 0.0121 e. The Kier molecular flexibility index (Phi) is 6.59. The van der Waals surface area contributed by atoms with E-state index in [1.807, 2.05) is 0 Å². The SMILES string of the molecule is CCCCC(CC)CC(C)(C)C1CCC2CCCCC2N1. The highest BCUT2D eigenvalue weighted by Crippen LogP contribution is 2.40. The Morgan fingerprint density at radius 3 is 2.52 bits per heavy atom. The van der Waals surface area contributed by atoms with Crippen LogP contribution in [0.1, 0.15) is 98.3 Å². The van der Waals surface area contributed by atoms with E-state index in [0.29, 0.717) is 5.41 Å². The van der Waals surface area contributed by atoms with E-state index in [2.05, 4.69) is 33.0 Å². The summed E-state index contributed by atoms with van der Waals surface area (Å²) < 4.78 is 0. The second-order valence-corrected chi connectivity index (χ2v) is 8.56. The fourth-order valence-corrected chi connectivity index (χ4v) is 4.94. The Labute approximate surface area is 133 Å². The smallest absolute Gasteiger partial charge is 0.0121 e. The fourth-order valence-electron chi connectivity index (χ4n) is 4.94. The Hall–Kier alpha value is -0.0400. The van der Waals surface area contributed by atoms with Gasteiger partial charge in [-0.25, -0.2) is 0 Å². The Morgan fingerprint density at radius 2 is 1.81 bits per heavy atom. The third-order valence-corrected chi connectivity index (χ3v) is 6.45. The molecule has 0 bridgehead atoms. The lowest BCUT2D eigenvalue weighted by Crippen LogP contribution is -2.54. The summed E-state index contributed by atoms with van der Waals surface area (Å²) in [5.41, 5.74) is 0.469. The number of piperidine rings is 1. The third kappa shape index (κ3) is 4.71. The highest BCUT2D eigenvalue weighted by molar-refractivity contribution is 4.95. The molecule has 2 fully saturated rings. The molecule has 2 aliphatic rings. The molecule has 0 aromatic heterocycles. The zero-order chi connectivity index (χ0) is 15.3. The van der Waals surface area contributed by atoms with Gasteiger partial charge >= 0.3 is 0 Å². The van der Waals surface area contributed by atoms with Crippen molar-refractivity contribution in [3.8, 4) is 0 Å². The van der Waals surface area contributed by atoms with Crippen molar-refractivity contribution in [1.29, 1.82) is 0 Å². The fraction of sp³-hybridized carbons (Fsp3) is 1.00. The van der Waals surface area contributed by atoms with E-state index in [-0.39, 0.29) is 0 Å². The predicted molar refractivity (Wildman–Crippen MR) is 93.6 cm³/mol. The molecular weight excluding hydrogens is 254 g/mol. The molecule has 21 heavy (non-hydrogen) atoms. The lowest BCUT2D eigenvalue weighted by Gasteiger charge is -2.47. The van der Waals surface area contributed by atoms with Crippen LogP contribution in [0.4, 0.5) is 0 Å². The average Bonchev–Trinajstić information content (AvgIpc) is 2.50. The second kappa shape index (κ2) is 7.99. The van der Waals surface area contributed by atoms with Crippen molar-refractivity contribution >= 4 is 0 Å². The monoisotopic (exact) mass is 293 g/mol. The van der Waals surface area contributed by atoms with Crippen LogP contribution in [0.2, 0.25) is 0 Å². The summed E-state index contributed by atoms with van der Waals surface area (Å²) in [7, 11) is 0. The molecule has 1 heterocycles. The molecule has 0 aromatic rings. The first-order valence-corrected chi connectivity index (χ1v) is 9.82. The number of rotatable bonds is 7. The number of nitrogens with one attached hydrogen (secondary N) is 1. The summed E-state index contributed by atoms with van der Waals surface area (Å²) in [4.78, 5) is 0. The van der Waals surface area contributed by atoms with Gasteiger partial charge in [0.05, 0.1) is 0 Å². The average molecular weight is 294 g/mol. The molecule has 124 valence electrons. The van der Waals surface area contributed by atoms with Crippen LogP contribution in [0.25, 0.3) is 0 Å². The first-order chi connectivity index (χ1) is 10.1. The molecule has 0 radical (unpaired) electrons. The maximum absolute atomic E-state index is 4.08. The molecule has 1 nitrogen and oxygen atoms in total. The highest BCUT2D eigenvalue weighted by Gasteiger charge is 2.38. The van der Waals surface area contributed by atoms with Crippen molar-refractivity contribution in [2.45, 2.75) is 110 Å². The first kappa shape index (κ1) is 17.3. The summed E-state index contributed by atoms with van der Waals surface area (Å²) in [5, 5.41) is 4.08. The number of fused-ring (bicyclic) bond motifs is 1. The molecule has 0 spiro atoms. The molecule has 1 aliphatic carbocycles.